The van der Waals surface area contributed by atoms with Crippen molar-refractivity contribution in [3.05, 3.63) is 35.4 Å². The molecule has 3 nitrogen and oxygen atoms in total. The Morgan fingerprint density at radius 1 is 1.33 bits per heavy atom. The molecular formula is C12H14F3NO2. The molecule has 18 heavy (non-hydrogen) atoms. The van der Waals surface area contributed by atoms with Gasteiger partial charge < -0.3 is 10.5 Å². The van der Waals surface area contributed by atoms with Crippen LogP contribution >= 0.6 is 0 Å². The van der Waals surface area contributed by atoms with Crippen LogP contribution in [0.1, 0.15) is 22.3 Å². The molecule has 1 unspecified atom stereocenters. The monoisotopic (exact) mass is 261 g/mol. The lowest BCUT2D eigenvalue weighted by Crippen LogP contribution is -2.31. The molecular weight excluding hydrogens is 247 g/mol. The number of methoxy groups -OCH3 is 1. The van der Waals surface area contributed by atoms with Gasteiger partial charge in [0, 0.05) is 19.3 Å². The van der Waals surface area contributed by atoms with E-state index in [1.54, 1.807) is 0 Å². The van der Waals surface area contributed by atoms with E-state index in [1.807, 2.05) is 0 Å². The Labute approximate surface area is 103 Å². The maximum absolute atomic E-state index is 12.3. The maximum atomic E-state index is 12.3. The van der Waals surface area contributed by atoms with E-state index >= 15 is 0 Å². The van der Waals surface area contributed by atoms with E-state index in [4.69, 9.17) is 10.5 Å². The topological polar surface area (TPSA) is 52.3 Å². The third-order valence-corrected chi connectivity index (χ3v) is 2.47. The molecule has 0 amide bonds. The third-order valence-electron chi connectivity index (χ3n) is 2.47. The summed E-state index contributed by atoms with van der Waals surface area (Å²) >= 11 is 0. The lowest BCUT2D eigenvalue weighted by Gasteiger charge is -2.11. The summed E-state index contributed by atoms with van der Waals surface area (Å²) in [6.07, 6.45) is -4.07. The number of ketones is 1. The van der Waals surface area contributed by atoms with Crippen LogP contribution < -0.4 is 5.73 Å². The molecule has 0 spiro atoms. The molecule has 0 heterocycles. The predicted octanol–water partition coefficient (Wildman–Crippen LogP) is 2.25. The van der Waals surface area contributed by atoms with Gasteiger partial charge in [0.15, 0.2) is 5.78 Å². The van der Waals surface area contributed by atoms with Crippen LogP contribution in [0, 0.1) is 0 Å². The minimum absolute atomic E-state index is 0.173. The molecule has 0 radical (unpaired) electrons. The summed E-state index contributed by atoms with van der Waals surface area (Å²) in [7, 11) is 1.48. The molecule has 0 bridgehead atoms. The van der Waals surface area contributed by atoms with Crippen molar-refractivity contribution in [3.63, 3.8) is 0 Å². The van der Waals surface area contributed by atoms with Gasteiger partial charge in [0.05, 0.1) is 11.6 Å². The minimum Gasteiger partial charge on any atom is -0.385 e. The lowest BCUT2D eigenvalue weighted by molar-refractivity contribution is -0.137. The molecule has 1 atom stereocenters. The van der Waals surface area contributed by atoms with Crippen LogP contribution in [-0.2, 0) is 10.9 Å². The molecule has 0 aliphatic rings. The van der Waals surface area contributed by atoms with Crippen molar-refractivity contribution < 1.29 is 22.7 Å². The molecule has 100 valence electrons. The highest BCUT2D eigenvalue weighted by molar-refractivity contribution is 5.99. The van der Waals surface area contributed by atoms with Crippen LogP contribution in [0.3, 0.4) is 0 Å². The number of hydrogen-bond donors (Lipinski definition) is 1. The zero-order chi connectivity index (χ0) is 13.8. The summed E-state index contributed by atoms with van der Waals surface area (Å²) < 4.78 is 41.7. The van der Waals surface area contributed by atoms with Crippen LogP contribution in [0.4, 0.5) is 13.2 Å². The van der Waals surface area contributed by atoms with E-state index in [1.165, 1.54) is 7.11 Å². The SMILES string of the molecule is COCCC(N)C(=O)c1ccc(C(F)(F)F)cc1. The van der Waals surface area contributed by atoms with Gasteiger partial charge in [-0.25, -0.2) is 0 Å². The molecule has 1 aromatic carbocycles. The quantitative estimate of drug-likeness (QED) is 0.827. The van der Waals surface area contributed by atoms with Gasteiger partial charge in [-0.3, -0.25) is 4.79 Å². The highest BCUT2D eigenvalue weighted by atomic mass is 19.4. The second kappa shape index (κ2) is 5.97. The van der Waals surface area contributed by atoms with Gasteiger partial charge in [-0.1, -0.05) is 12.1 Å². The molecule has 0 aliphatic heterocycles. The van der Waals surface area contributed by atoms with Crippen molar-refractivity contribution in [2.45, 2.75) is 18.6 Å². The van der Waals surface area contributed by atoms with E-state index < -0.39 is 17.8 Å². The Bertz CT molecular complexity index is 401. The Balaban J connectivity index is 2.76. The van der Waals surface area contributed by atoms with Crippen molar-refractivity contribution >= 4 is 5.78 Å². The first kappa shape index (κ1) is 14.7. The standard InChI is InChI=1S/C12H14F3NO2/c1-18-7-6-10(16)11(17)8-2-4-9(5-3-8)12(13,14)15/h2-5,10H,6-7,16H2,1H3. The smallest absolute Gasteiger partial charge is 0.385 e. The summed E-state index contributed by atoms with van der Waals surface area (Å²) in [5, 5.41) is 0. The fraction of sp³-hybridized carbons (Fsp3) is 0.417. The summed E-state index contributed by atoms with van der Waals surface area (Å²) in [5.41, 5.74) is 4.99. The molecule has 0 aliphatic carbocycles. The molecule has 0 aromatic heterocycles. The molecule has 0 saturated carbocycles. The minimum atomic E-state index is -4.40. The van der Waals surface area contributed by atoms with Crippen molar-refractivity contribution in [1.82, 2.24) is 0 Å². The lowest BCUT2D eigenvalue weighted by atomic mass is 10.0. The molecule has 2 N–H and O–H groups in total. The largest absolute Gasteiger partial charge is 0.416 e. The van der Waals surface area contributed by atoms with Crippen LogP contribution in [-0.4, -0.2) is 25.5 Å². The first-order valence-corrected chi connectivity index (χ1v) is 5.32. The van der Waals surface area contributed by atoms with Crippen LogP contribution in [0.2, 0.25) is 0 Å². The van der Waals surface area contributed by atoms with E-state index in [0.717, 1.165) is 24.3 Å². The van der Waals surface area contributed by atoms with Gasteiger partial charge in [0.1, 0.15) is 0 Å². The number of halogens is 3. The normalized spacial score (nSPS) is 13.4. The molecule has 6 heteroatoms. The number of rotatable bonds is 5. The van der Waals surface area contributed by atoms with Crippen molar-refractivity contribution in [3.8, 4) is 0 Å². The first-order valence-electron chi connectivity index (χ1n) is 5.32. The molecule has 0 fully saturated rings. The second-order valence-corrected chi connectivity index (χ2v) is 3.83. The molecule has 0 saturated heterocycles. The average molecular weight is 261 g/mol. The van der Waals surface area contributed by atoms with Crippen molar-refractivity contribution in [1.29, 1.82) is 0 Å². The van der Waals surface area contributed by atoms with Crippen LogP contribution in [0.5, 0.6) is 0 Å². The summed E-state index contributed by atoms with van der Waals surface area (Å²) in [6.45, 7) is 0.327. The van der Waals surface area contributed by atoms with E-state index in [-0.39, 0.29) is 11.3 Å². The Kier molecular flexibility index (Phi) is 4.86. The van der Waals surface area contributed by atoms with Crippen LogP contribution in [0.15, 0.2) is 24.3 Å². The Morgan fingerprint density at radius 3 is 2.33 bits per heavy atom. The number of nitrogens with two attached hydrogens (primary N) is 1. The Morgan fingerprint density at radius 2 is 1.89 bits per heavy atom. The Hall–Kier alpha value is -1.40. The maximum Gasteiger partial charge on any atom is 0.416 e. The van der Waals surface area contributed by atoms with Gasteiger partial charge >= 0.3 is 6.18 Å². The number of hydrogen-bond acceptors (Lipinski definition) is 3. The zero-order valence-electron chi connectivity index (χ0n) is 9.83. The summed E-state index contributed by atoms with van der Waals surface area (Å²) in [6, 6.07) is 3.25. The second-order valence-electron chi connectivity index (χ2n) is 3.83. The van der Waals surface area contributed by atoms with Crippen LogP contribution in [0.25, 0.3) is 0 Å². The van der Waals surface area contributed by atoms with Crippen molar-refractivity contribution in [2.75, 3.05) is 13.7 Å². The predicted molar refractivity (Wildman–Crippen MR) is 60.2 cm³/mol. The van der Waals surface area contributed by atoms with Gasteiger partial charge in [0.25, 0.3) is 0 Å². The summed E-state index contributed by atoms with van der Waals surface area (Å²) in [5.74, 6) is -0.388. The number of alkyl halides is 3. The van der Waals surface area contributed by atoms with Gasteiger partial charge in [-0.2, -0.15) is 13.2 Å². The highest BCUT2D eigenvalue weighted by Crippen LogP contribution is 2.29. The first-order chi connectivity index (χ1) is 8.36. The fourth-order valence-electron chi connectivity index (χ4n) is 1.41. The molecule has 1 aromatic rings. The van der Waals surface area contributed by atoms with E-state index in [2.05, 4.69) is 0 Å². The van der Waals surface area contributed by atoms with Gasteiger partial charge in [0.2, 0.25) is 0 Å². The number of carbonyl (C=O) groups excluding carboxylic acids is 1. The fourth-order valence-corrected chi connectivity index (χ4v) is 1.41. The van der Waals surface area contributed by atoms with Crippen molar-refractivity contribution in [2.24, 2.45) is 5.73 Å². The summed E-state index contributed by atoms with van der Waals surface area (Å²) in [4.78, 5) is 11.7. The number of benzene rings is 1. The number of ether oxygens (including phenoxy) is 1. The highest BCUT2D eigenvalue weighted by Gasteiger charge is 2.30. The molecule has 1 rings (SSSR count). The number of carbonyl (C=O) groups is 1. The van der Waals surface area contributed by atoms with Gasteiger partial charge in [-0.05, 0) is 18.6 Å². The zero-order valence-corrected chi connectivity index (χ0v) is 9.83. The van der Waals surface area contributed by atoms with E-state index in [0.29, 0.717) is 13.0 Å². The number of Topliss-reactive ketones (excluding diaryl/α,β-unsaturated/α-hetero) is 1. The average Bonchev–Trinajstić information content (AvgIpc) is 2.34. The van der Waals surface area contributed by atoms with Gasteiger partial charge in [-0.15, -0.1) is 0 Å². The third kappa shape index (κ3) is 3.82. The van der Waals surface area contributed by atoms with E-state index in [9.17, 15) is 18.0 Å².